The van der Waals surface area contributed by atoms with Gasteiger partial charge < -0.3 is 15.4 Å². The zero-order valence-electron chi connectivity index (χ0n) is 12.0. The summed E-state index contributed by atoms with van der Waals surface area (Å²) in [5, 5.41) is 10.3. The van der Waals surface area contributed by atoms with E-state index >= 15 is 0 Å². The largest absolute Gasteiger partial charge is 0.381 e. The minimum absolute atomic E-state index is 0.488. The van der Waals surface area contributed by atoms with Crippen molar-refractivity contribution in [2.24, 2.45) is 5.92 Å². The topological polar surface area (TPSA) is 89.8 Å². The molecule has 1 unspecified atom stereocenters. The van der Waals surface area contributed by atoms with Crippen LogP contribution in [-0.2, 0) is 4.74 Å². The maximum atomic E-state index is 5.48. The summed E-state index contributed by atoms with van der Waals surface area (Å²) in [4.78, 5) is 13.0. The van der Waals surface area contributed by atoms with Gasteiger partial charge in [-0.2, -0.15) is 20.1 Å². The molecule has 0 amide bonds. The van der Waals surface area contributed by atoms with Gasteiger partial charge in [0.2, 0.25) is 11.9 Å². The molecule has 112 valence electrons. The molecule has 0 bridgehead atoms. The van der Waals surface area contributed by atoms with E-state index in [0.717, 1.165) is 26.2 Å². The Labute approximate surface area is 123 Å². The van der Waals surface area contributed by atoms with E-state index in [2.05, 4.69) is 30.7 Å². The van der Waals surface area contributed by atoms with Gasteiger partial charge >= 0.3 is 0 Å². The van der Waals surface area contributed by atoms with Crippen molar-refractivity contribution in [2.45, 2.75) is 12.8 Å². The lowest BCUT2D eigenvalue weighted by Crippen LogP contribution is -2.25. The lowest BCUT2D eigenvalue weighted by atomic mass is 10.0. The van der Waals surface area contributed by atoms with Gasteiger partial charge in [-0.1, -0.05) is 0 Å². The highest BCUT2D eigenvalue weighted by atomic mass is 16.5. The quantitative estimate of drug-likeness (QED) is 0.846. The average molecular weight is 289 g/mol. The monoisotopic (exact) mass is 289 g/mol. The number of anilines is 2. The van der Waals surface area contributed by atoms with Gasteiger partial charge in [-0.05, 0) is 24.8 Å². The Morgan fingerprint density at radius 3 is 2.95 bits per heavy atom. The van der Waals surface area contributed by atoms with Crippen LogP contribution in [0.4, 0.5) is 11.9 Å². The second-order valence-corrected chi connectivity index (χ2v) is 4.95. The van der Waals surface area contributed by atoms with Crippen LogP contribution in [0.3, 0.4) is 0 Å². The molecule has 2 N–H and O–H groups in total. The second-order valence-electron chi connectivity index (χ2n) is 4.95. The Balaban J connectivity index is 1.73. The number of hydrogen-bond acceptors (Lipinski definition) is 7. The molecule has 1 atom stereocenters. The maximum absolute atomic E-state index is 5.48. The lowest BCUT2D eigenvalue weighted by Gasteiger charge is -2.22. The summed E-state index contributed by atoms with van der Waals surface area (Å²) < 4.78 is 7.09. The standard InChI is InChI=1S/C13H19N7O/c1-14-11-17-12(15-8-10-4-2-7-21-9-10)19-13(18-11)20-6-3-5-16-20/h3,5-6,10H,2,4,7-9H2,1H3,(H2,14,15,17,18,19). The first-order chi connectivity index (χ1) is 10.3. The van der Waals surface area contributed by atoms with Crippen LogP contribution < -0.4 is 10.6 Å². The van der Waals surface area contributed by atoms with Gasteiger partial charge in [0.1, 0.15) is 0 Å². The zero-order chi connectivity index (χ0) is 14.5. The predicted molar refractivity (Wildman–Crippen MR) is 78.5 cm³/mol. The predicted octanol–water partition coefficient (Wildman–Crippen LogP) is 0.937. The van der Waals surface area contributed by atoms with Crippen LogP contribution in [0.2, 0.25) is 0 Å². The highest BCUT2D eigenvalue weighted by Crippen LogP contribution is 2.15. The van der Waals surface area contributed by atoms with E-state index in [-0.39, 0.29) is 0 Å². The van der Waals surface area contributed by atoms with Gasteiger partial charge in [-0.3, -0.25) is 0 Å². The molecule has 21 heavy (non-hydrogen) atoms. The molecule has 0 saturated carbocycles. The summed E-state index contributed by atoms with van der Waals surface area (Å²) in [6, 6.07) is 1.83. The molecule has 1 aliphatic rings. The lowest BCUT2D eigenvalue weighted by molar-refractivity contribution is 0.0594. The number of nitrogens with zero attached hydrogens (tertiary/aromatic N) is 5. The zero-order valence-corrected chi connectivity index (χ0v) is 12.0. The Morgan fingerprint density at radius 1 is 1.33 bits per heavy atom. The van der Waals surface area contributed by atoms with Gasteiger partial charge in [-0.25, -0.2) is 4.68 Å². The van der Waals surface area contributed by atoms with Crippen LogP contribution in [0.1, 0.15) is 12.8 Å². The summed E-state index contributed by atoms with van der Waals surface area (Å²) in [6.07, 6.45) is 5.77. The third-order valence-electron chi connectivity index (χ3n) is 3.36. The maximum Gasteiger partial charge on any atom is 0.257 e. The molecule has 1 fully saturated rings. The van der Waals surface area contributed by atoms with E-state index in [9.17, 15) is 0 Å². The van der Waals surface area contributed by atoms with E-state index < -0.39 is 0 Å². The summed E-state index contributed by atoms with van der Waals surface area (Å²) in [5.41, 5.74) is 0. The highest BCUT2D eigenvalue weighted by molar-refractivity contribution is 5.37. The minimum Gasteiger partial charge on any atom is -0.381 e. The molecule has 2 aromatic heterocycles. The SMILES string of the molecule is CNc1nc(NCC2CCCOC2)nc(-n2cccn2)n1. The van der Waals surface area contributed by atoms with Crippen molar-refractivity contribution in [3.63, 3.8) is 0 Å². The third kappa shape index (κ3) is 3.46. The Morgan fingerprint density at radius 2 is 2.24 bits per heavy atom. The van der Waals surface area contributed by atoms with Gasteiger partial charge in [0.05, 0.1) is 6.61 Å². The van der Waals surface area contributed by atoms with Gasteiger partial charge in [-0.15, -0.1) is 0 Å². The normalized spacial score (nSPS) is 18.4. The van der Waals surface area contributed by atoms with Crippen molar-refractivity contribution in [3.05, 3.63) is 18.5 Å². The van der Waals surface area contributed by atoms with Crippen molar-refractivity contribution in [1.82, 2.24) is 24.7 Å². The first-order valence-electron chi connectivity index (χ1n) is 7.10. The van der Waals surface area contributed by atoms with Crippen LogP contribution in [0, 0.1) is 5.92 Å². The molecular weight excluding hydrogens is 270 g/mol. The Hall–Kier alpha value is -2.22. The van der Waals surface area contributed by atoms with Gasteiger partial charge in [0.15, 0.2) is 0 Å². The molecule has 3 rings (SSSR count). The van der Waals surface area contributed by atoms with Crippen LogP contribution >= 0.6 is 0 Å². The molecule has 1 saturated heterocycles. The molecule has 1 aliphatic heterocycles. The smallest absolute Gasteiger partial charge is 0.257 e. The van der Waals surface area contributed by atoms with Crippen LogP contribution in [0.25, 0.3) is 5.95 Å². The van der Waals surface area contributed by atoms with Crippen molar-refractivity contribution in [3.8, 4) is 5.95 Å². The highest BCUT2D eigenvalue weighted by Gasteiger charge is 2.15. The molecular formula is C13H19N7O. The number of hydrogen-bond donors (Lipinski definition) is 2. The van der Waals surface area contributed by atoms with E-state index in [1.807, 2.05) is 6.07 Å². The number of nitrogens with one attached hydrogen (secondary N) is 2. The summed E-state index contributed by atoms with van der Waals surface area (Å²) >= 11 is 0. The third-order valence-corrected chi connectivity index (χ3v) is 3.36. The molecule has 0 aliphatic carbocycles. The minimum atomic E-state index is 0.488. The van der Waals surface area contributed by atoms with Crippen molar-refractivity contribution < 1.29 is 4.74 Å². The summed E-state index contributed by atoms with van der Waals surface area (Å²) in [7, 11) is 1.78. The van der Waals surface area contributed by atoms with Gasteiger partial charge in [0.25, 0.3) is 5.95 Å². The fraction of sp³-hybridized carbons (Fsp3) is 0.538. The van der Waals surface area contributed by atoms with E-state index in [1.54, 1.807) is 24.1 Å². The summed E-state index contributed by atoms with van der Waals surface area (Å²) in [6.45, 7) is 2.46. The Kier molecular flexibility index (Phi) is 4.25. The average Bonchev–Trinajstić information content (AvgIpc) is 3.08. The molecule has 3 heterocycles. The van der Waals surface area contributed by atoms with E-state index in [0.29, 0.717) is 23.8 Å². The van der Waals surface area contributed by atoms with Crippen molar-refractivity contribution in [2.75, 3.05) is 37.4 Å². The number of ether oxygens (including phenoxy) is 1. The Bertz CT molecular complexity index is 566. The molecule has 0 radical (unpaired) electrons. The first-order valence-corrected chi connectivity index (χ1v) is 7.10. The van der Waals surface area contributed by atoms with Crippen molar-refractivity contribution >= 4 is 11.9 Å². The van der Waals surface area contributed by atoms with Crippen LogP contribution in [0.15, 0.2) is 18.5 Å². The molecule has 8 heteroatoms. The number of rotatable bonds is 5. The molecule has 0 aromatic carbocycles. The molecule has 0 spiro atoms. The number of aromatic nitrogens is 5. The molecule has 2 aromatic rings. The van der Waals surface area contributed by atoms with Crippen LogP contribution in [-0.4, -0.2) is 51.5 Å². The fourth-order valence-corrected chi connectivity index (χ4v) is 2.25. The van der Waals surface area contributed by atoms with E-state index in [1.165, 1.54) is 6.42 Å². The fourth-order valence-electron chi connectivity index (χ4n) is 2.25. The summed E-state index contributed by atoms with van der Waals surface area (Å²) in [5.74, 6) is 2.05. The first kappa shape index (κ1) is 13.7. The van der Waals surface area contributed by atoms with Crippen molar-refractivity contribution in [1.29, 1.82) is 0 Å². The van der Waals surface area contributed by atoms with Crippen LogP contribution in [0.5, 0.6) is 0 Å². The second kappa shape index (κ2) is 6.49. The molecule has 8 nitrogen and oxygen atoms in total. The van der Waals surface area contributed by atoms with Gasteiger partial charge in [0, 0.05) is 32.6 Å². The van der Waals surface area contributed by atoms with E-state index in [4.69, 9.17) is 4.74 Å².